The Morgan fingerprint density at radius 3 is 1.23 bits per heavy atom. The molecule has 0 amide bonds. The van der Waals surface area contributed by atoms with Crippen LogP contribution < -0.4 is 0 Å². The Kier molecular flexibility index (Phi) is 13.4. The molecule has 0 atom stereocenters. The summed E-state index contributed by atoms with van der Waals surface area (Å²) in [5, 5.41) is 5.16. The number of unbranched alkanes of at least 4 members (excludes halogenated alkanes) is 4. The first-order chi connectivity index (χ1) is 25.7. The lowest BCUT2D eigenvalue weighted by Crippen LogP contribution is -1.97. The maximum Gasteiger partial charge on any atom is 0.0466 e. The standard InChI is InChI=1S/C46H50O2S4/c1-3-5-25-47-27-9-7-11-39-17-19-43(49-39)45-23-21-41(51-45)35-15-13-33-30-38-32-36(16-14-34(38)29-37(33)31-35)42-22-24-46(52-42)44-20-18-40(50-44)12-8-10-28-48-26-6-4-2/h13-24,29-32H,3-12,25-28H2,1-2H3. The summed E-state index contributed by atoms with van der Waals surface area (Å²) in [4.78, 5) is 11.1. The highest BCUT2D eigenvalue weighted by Gasteiger charge is 2.12. The van der Waals surface area contributed by atoms with Crippen molar-refractivity contribution in [3.8, 4) is 40.4 Å². The van der Waals surface area contributed by atoms with E-state index in [0.29, 0.717) is 0 Å². The van der Waals surface area contributed by atoms with Crippen LogP contribution in [0, 0.1) is 0 Å². The summed E-state index contributed by atoms with van der Waals surface area (Å²) in [5.74, 6) is 0. The summed E-state index contributed by atoms with van der Waals surface area (Å²) in [7, 11) is 0. The van der Waals surface area contributed by atoms with Gasteiger partial charge < -0.3 is 9.47 Å². The lowest BCUT2D eigenvalue weighted by Gasteiger charge is -2.07. The van der Waals surface area contributed by atoms with Crippen molar-refractivity contribution in [2.75, 3.05) is 26.4 Å². The number of rotatable bonds is 20. The van der Waals surface area contributed by atoms with Crippen molar-refractivity contribution in [1.82, 2.24) is 0 Å². The van der Waals surface area contributed by atoms with Crippen molar-refractivity contribution in [2.45, 2.75) is 78.1 Å². The molecule has 0 saturated carbocycles. The smallest absolute Gasteiger partial charge is 0.0466 e. The molecule has 0 bridgehead atoms. The molecule has 7 rings (SSSR count). The monoisotopic (exact) mass is 762 g/mol. The molecular weight excluding hydrogens is 713 g/mol. The van der Waals surface area contributed by atoms with E-state index in [1.807, 2.05) is 45.3 Å². The van der Waals surface area contributed by atoms with Gasteiger partial charge in [0.15, 0.2) is 0 Å². The van der Waals surface area contributed by atoms with Gasteiger partial charge in [0.25, 0.3) is 0 Å². The lowest BCUT2D eigenvalue weighted by molar-refractivity contribution is 0.127. The van der Waals surface area contributed by atoms with E-state index in [1.54, 1.807) is 0 Å². The predicted octanol–water partition coefficient (Wildman–Crippen LogP) is 15.2. The van der Waals surface area contributed by atoms with E-state index in [2.05, 4.69) is 111 Å². The second-order valence-corrected chi connectivity index (χ2v) is 18.2. The van der Waals surface area contributed by atoms with Crippen LogP contribution >= 0.6 is 45.3 Å². The molecule has 0 aliphatic carbocycles. The van der Waals surface area contributed by atoms with Gasteiger partial charge in [-0.2, -0.15) is 0 Å². The van der Waals surface area contributed by atoms with Gasteiger partial charge in [0.2, 0.25) is 0 Å². The fourth-order valence-corrected chi connectivity index (χ4v) is 10.8. The number of hydrogen-bond donors (Lipinski definition) is 0. The van der Waals surface area contributed by atoms with Gasteiger partial charge in [0.1, 0.15) is 0 Å². The molecule has 0 spiro atoms. The van der Waals surface area contributed by atoms with E-state index in [9.17, 15) is 0 Å². The SMILES string of the molecule is CCCCOCCCCc1ccc(-c2ccc(-c3ccc4cc5cc(-c6ccc(-c7ccc(CCCCOCCCC)s7)s6)ccc5cc4c3)s2)s1. The van der Waals surface area contributed by atoms with Gasteiger partial charge in [-0.3, -0.25) is 0 Å². The zero-order valence-corrected chi connectivity index (χ0v) is 33.9. The number of aryl methyl sites for hydroxylation is 2. The van der Waals surface area contributed by atoms with Crippen LogP contribution in [0.25, 0.3) is 61.9 Å². The molecule has 4 heterocycles. The highest BCUT2D eigenvalue weighted by molar-refractivity contribution is 7.24. The Labute approximate surface area is 326 Å². The molecule has 0 N–H and O–H groups in total. The molecule has 52 heavy (non-hydrogen) atoms. The maximum absolute atomic E-state index is 5.74. The summed E-state index contributed by atoms with van der Waals surface area (Å²) in [5.41, 5.74) is 2.58. The molecule has 270 valence electrons. The van der Waals surface area contributed by atoms with Gasteiger partial charge in [0.05, 0.1) is 0 Å². The van der Waals surface area contributed by atoms with Crippen LogP contribution in [-0.4, -0.2) is 26.4 Å². The quantitative estimate of drug-likeness (QED) is 0.0569. The van der Waals surface area contributed by atoms with Gasteiger partial charge in [-0.25, -0.2) is 0 Å². The predicted molar refractivity (Wildman–Crippen MR) is 232 cm³/mol. The van der Waals surface area contributed by atoms with Gasteiger partial charge in [-0.1, -0.05) is 51.0 Å². The Bertz CT molecular complexity index is 2010. The zero-order valence-electron chi connectivity index (χ0n) is 30.6. The number of benzene rings is 3. The Morgan fingerprint density at radius 2 is 0.769 bits per heavy atom. The summed E-state index contributed by atoms with van der Waals surface area (Å²) < 4.78 is 11.5. The summed E-state index contributed by atoms with van der Waals surface area (Å²) in [6.07, 6.45) is 11.7. The second kappa shape index (κ2) is 18.8. The largest absolute Gasteiger partial charge is 0.381 e. The van der Waals surface area contributed by atoms with Crippen molar-refractivity contribution in [3.05, 3.63) is 107 Å². The van der Waals surface area contributed by atoms with E-state index < -0.39 is 0 Å². The minimum absolute atomic E-state index is 0.888. The third kappa shape index (κ3) is 9.71. The molecule has 0 aliphatic rings. The van der Waals surface area contributed by atoms with Crippen LogP contribution in [0.4, 0.5) is 0 Å². The van der Waals surface area contributed by atoms with Crippen LogP contribution in [0.3, 0.4) is 0 Å². The van der Waals surface area contributed by atoms with E-state index in [-0.39, 0.29) is 0 Å². The fraction of sp³-hybridized carbons (Fsp3) is 0.348. The molecular formula is C46H50O2S4. The van der Waals surface area contributed by atoms with E-state index >= 15 is 0 Å². The van der Waals surface area contributed by atoms with Crippen LogP contribution in [0.5, 0.6) is 0 Å². The number of fused-ring (bicyclic) bond motifs is 2. The minimum atomic E-state index is 0.888. The Morgan fingerprint density at radius 1 is 0.365 bits per heavy atom. The average Bonchev–Trinajstić information content (AvgIpc) is 4.00. The molecule has 6 heteroatoms. The van der Waals surface area contributed by atoms with Crippen molar-refractivity contribution in [3.63, 3.8) is 0 Å². The topological polar surface area (TPSA) is 18.5 Å². The van der Waals surface area contributed by atoms with Gasteiger partial charge in [-0.05, 0) is 157 Å². The molecule has 2 nitrogen and oxygen atoms in total. The Balaban J connectivity index is 0.973. The van der Waals surface area contributed by atoms with E-state index in [0.717, 1.165) is 52.1 Å². The molecule has 0 saturated heterocycles. The molecule has 0 aliphatic heterocycles. The van der Waals surface area contributed by atoms with Gasteiger partial charge in [-0.15, -0.1) is 45.3 Å². The fourth-order valence-electron chi connectivity index (χ4n) is 6.55. The first-order valence-corrected chi connectivity index (χ1v) is 22.4. The van der Waals surface area contributed by atoms with Crippen LogP contribution in [0.15, 0.2) is 97.1 Å². The molecule has 0 unspecified atom stereocenters. The first kappa shape index (κ1) is 37.2. The Hall–Kier alpha value is -3.10. The van der Waals surface area contributed by atoms with Crippen molar-refractivity contribution in [1.29, 1.82) is 0 Å². The summed E-state index contributed by atoms with van der Waals surface area (Å²) in [6.45, 7) is 8.00. The van der Waals surface area contributed by atoms with Crippen LogP contribution in [0.2, 0.25) is 0 Å². The summed E-state index contributed by atoms with van der Waals surface area (Å²) >= 11 is 7.69. The molecule has 0 radical (unpaired) electrons. The minimum Gasteiger partial charge on any atom is -0.381 e. The molecule has 4 aromatic heterocycles. The molecule has 0 fully saturated rings. The lowest BCUT2D eigenvalue weighted by atomic mass is 9.99. The maximum atomic E-state index is 5.74. The van der Waals surface area contributed by atoms with Crippen molar-refractivity contribution < 1.29 is 9.47 Å². The van der Waals surface area contributed by atoms with Crippen molar-refractivity contribution in [2.24, 2.45) is 0 Å². The number of thiophene rings is 4. The van der Waals surface area contributed by atoms with E-state index in [4.69, 9.17) is 9.47 Å². The second-order valence-electron chi connectivity index (χ2n) is 13.7. The molecule has 3 aromatic carbocycles. The van der Waals surface area contributed by atoms with Gasteiger partial charge >= 0.3 is 0 Å². The summed E-state index contributed by atoms with van der Waals surface area (Å²) in [6, 6.07) is 37.0. The third-order valence-corrected chi connectivity index (χ3v) is 14.5. The van der Waals surface area contributed by atoms with Crippen molar-refractivity contribution >= 4 is 66.9 Å². The first-order valence-electron chi connectivity index (χ1n) is 19.2. The average molecular weight is 763 g/mol. The van der Waals surface area contributed by atoms with Crippen LogP contribution in [-0.2, 0) is 22.3 Å². The van der Waals surface area contributed by atoms with E-state index in [1.165, 1.54) is 110 Å². The normalized spacial score (nSPS) is 11.7. The van der Waals surface area contributed by atoms with Crippen LogP contribution in [0.1, 0.15) is 75.0 Å². The number of hydrogen-bond acceptors (Lipinski definition) is 6. The highest BCUT2D eigenvalue weighted by Crippen LogP contribution is 2.41. The zero-order chi connectivity index (χ0) is 35.5. The van der Waals surface area contributed by atoms with Gasteiger partial charge in [0, 0.05) is 65.4 Å². The number of ether oxygens (including phenoxy) is 2. The molecule has 7 aromatic rings. The highest BCUT2D eigenvalue weighted by atomic mass is 32.1. The third-order valence-electron chi connectivity index (χ3n) is 9.59.